The van der Waals surface area contributed by atoms with E-state index in [9.17, 15) is 13.2 Å². The van der Waals surface area contributed by atoms with E-state index in [1.54, 1.807) is 0 Å². The lowest BCUT2D eigenvalue weighted by Gasteiger charge is -2.11. The van der Waals surface area contributed by atoms with Crippen LogP contribution in [0.25, 0.3) is 34.3 Å². The number of fused-ring (bicyclic) bond motifs is 1. The van der Waals surface area contributed by atoms with Crippen molar-refractivity contribution in [2.45, 2.75) is 12.6 Å². The molecule has 0 saturated heterocycles. The average molecular weight is 412 g/mol. The molecule has 2 aromatic carbocycles. The van der Waals surface area contributed by atoms with E-state index in [0.717, 1.165) is 42.7 Å². The van der Waals surface area contributed by atoms with Gasteiger partial charge >= 0.3 is 6.18 Å². The molecule has 0 radical (unpaired) electrons. The predicted molar refractivity (Wildman–Crippen MR) is 103 cm³/mol. The van der Waals surface area contributed by atoms with Gasteiger partial charge in [0.1, 0.15) is 0 Å². The van der Waals surface area contributed by atoms with Crippen molar-refractivity contribution in [2.75, 3.05) is 18.5 Å². The summed E-state index contributed by atoms with van der Waals surface area (Å²) >= 11 is 0. The zero-order valence-electron chi connectivity index (χ0n) is 15.8. The zero-order valence-corrected chi connectivity index (χ0v) is 15.8. The Hall–Kier alpha value is -3.62. The second kappa shape index (κ2) is 6.72. The third-order valence-corrected chi connectivity index (χ3v) is 5.12. The molecule has 152 valence electrons. The van der Waals surface area contributed by atoms with E-state index in [2.05, 4.69) is 20.0 Å². The molecule has 0 bridgehead atoms. The summed E-state index contributed by atoms with van der Waals surface area (Å²) in [7, 11) is 2.02. The number of oxazole rings is 1. The van der Waals surface area contributed by atoms with Gasteiger partial charge in [-0.3, -0.25) is 0 Å². The van der Waals surface area contributed by atoms with Crippen molar-refractivity contribution in [3.8, 4) is 34.3 Å². The maximum atomic E-state index is 13.1. The van der Waals surface area contributed by atoms with Crippen molar-refractivity contribution in [1.82, 2.24) is 15.1 Å². The Kier molecular flexibility index (Phi) is 4.12. The lowest BCUT2D eigenvalue weighted by Crippen LogP contribution is -2.12. The molecule has 9 heteroatoms. The van der Waals surface area contributed by atoms with Gasteiger partial charge in [-0.25, -0.2) is 4.98 Å². The Labute approximate surface area is 169 Å². The first kappa shape index (κ1) is 18.4. The van der Waals surface area contributed by atoms with Crippen LogP contribution in [0.3, 0.4) is 0 Å². The largest absolute Gasteiger partial charge is 0.443 e. The fourth-order valence-electron chi connectivity index (χ4n) is 3.56. The lowest BCUT2D eigenvalue weighted by atomic mass is 10.1. The number of hydrogen-bond acceptors (Lipinski definition) is 6. The van der Waals surface area contributed by atoms with Crippen LogP contribution in [0, 0.1) is 0 Å². The zero-order chi connectivity index (χ0) is 20.9. The molecule has 5 rings (SSSR count). The molecule has 2 aromatic heterocycles. The molecule has 1 aliphatic rings. The van der Waals surface area contributed by atoms with E-state index >= 15 is 0 Å². The Morgan fingerprint density at radius 2 is 1.93 bits per heavy atom. The minimum atomic E-state index is -4.46. The number of likely N-dealkylation sites (N-methyl/N-ethyl adjacent to an activating group) is 1. The second-order valence-electron chi connectivity index (χ2n) is 7.05. The molecular formula is C21H15F3N4O2. The quantitative estimate of drug-likeness (QED) is 0.468. The normalized spacial score (nSPS) is 13.7. The first-order valence-corrected chi connectivity index (χ1v) is 9.20. The third-order valence-electron chi connectivity index (χ3n) is 5.12. The van der Waals surface area contributed by atoms with Gasteiger partial charge in [-0.05, 0) is 36.2 Å². The third kappa shape index (κ3) is 3.12. The van der Waals surface area contributed by atoms with Gasteiger partial charge in [0.2, 0.25) is 5.82 Å². The van der Waals surface area contributed by atoms with E-state index in [1.165, 1.54) is 17.7 Å². The molecule has 0 spiro atoms. The van der Waals surface area contributed by atoms with E-state index in [1.807, 2.05) is 25.2 Å². The molecule has 4 aromatic rings. The predicted octanol–water partition coefficient (Wildman–Crippen LogP) is 5.07. The molecule has 30 heavy (non-hydrogen) atoms. The SMILES string of the molecule is CN1CCc2ccc(-c3nc(-c4ncoc4-c4cccc(C(F)(F)F)c4)no3)cc21. The van der Waals surface area contributed by atoms with Gasteiger partial charge < -0.3 is 13.8 Å². The number of hydrogen-bond donors (Lipinski definition) is 0. The van der Waals surface area contributed by atoms with Crippen LogP contribution in [-0.2, 0) is 12.6 Å². The standard InChI is InChI=1S/C21H15F3N4O2/c1-28-8-7-12-5-6-14(10-16(12)28)20-26-19(27-30-20)17-18(29-11-25-17)13-3-2-4-15(9-13)21(22,23)24/h2-6,9-11H,7-8H2,1H3. The Balaban J connectivity index is 1.51. The van der Waals surface area contributed by atoms with Crippen molar-refractivity contribution >= 4 is 5.69 Å². The number of anilines is 1. The van der Waals surface area contributed by atoms with Crippen molar-refractivity contribution in [2.24, 2.45) is 0 Å². The molecule has 3 heterocycles. The molecular weight excluding hydrogens is 397 g/mol. The average Bonchev–Trinajstić information content (AvgIpc) is 3.47. The number of rotatable bonds is 3. The highest BCUT2D eigenvalue weighted by Crippen LogP contribution is 2.36. The fraction of sp³-hybridized carbons (Fsp3) is 0.190. The summed E-state index contributed by atoms with van der Waals surface area (Å²) in [5.41, 5.74) is 2.77. The van der Waals surface area contributed by atoms with Gasteiger partial charge in [0.05, 0.1) is 5.56 Å². The van der Waals surface area contributed by atoms with Crippen LogP contribution in [-0.4, -0.2) is 28.7 Å². The summed E-state index contributed by atoms with van der Waals surface area (Å²) < 4.78 is 49.9. The highest BCUT2D eigenvalue weighted by atomic mass is 19.4. The maximum absolute atomic E-state index is 13.1. The molecule has 0 atom stereocenters. The van der Waals surface area contributed by atoms with Gasteiger partial charge in [0, 0.05) is 30.4 Å². The first-order valence-electron chi connectivity index (χ1n) is 9.20. The van der Waals surface area contributed by atoms with Crippen LogP contribution in [0.2, 0.25) is 0 Å². The number of nitrogens with zero attached hydrogens (tertiary/aromatic N) is 4. The number of alkyl halides is 3. The Bertz CT molecular complexity index is 1230. The maximum Gasteiger partial charge on any atom is 0.416 e. The van der Waals surface area contributed by atoms with E-state index in [4.69, 9.17) is 8.94 Å². The molecule has 0 saturated carbocycles. The summed E-state index contributed by atoms with van der Waals surface area (Å²) in [6, 6.07) is 10.7. The van der Waals surface area contributed by atoms with Gasteiger partial charge in [-0.15, -0.1) is 0 Å². The summed E-state index contributed by atoms with van der Waals surface area (Å²) in [6.07, 6.45) is -2.33. The van der Waals surface area contributed by atoms with Crippen molar-refractivity contribution in [3.63, 3.8) is 0 Å². The summed E-state index contributed by atoms with van der Waals surface area (Å²) in [6.45, 7) is 0.952. The van der Waals surface area contributed by atoms with Crippen LogP contribution in [0.15, 0.2) is 57.8 Å². The topological polar surface area (TPSA) is 68.2 Å². The first-order chi connectivity index (χ1) is 14.4. The Morgan fingerprint density at radius 3 is 2.77 bits per heavy atom. The lowest BCUT2D eigenvalue weighted by molar-refractivity contribution is -0.137. The minimum Gasteiger partial charge on any atom is -0.443 e. The molecule has 0 N–H and O–H groups in total. The molecule has 0 amide bonds. The van der Waals surface area contributed by atoms with Gasteiger partial charge in [0.15, 0.2) is 17.8 Å². The highest BCUT2D eigenvalue weighted by Gasteiger charge is 2.31. The highest BCUT2D eigenvalue weighted by molar-refractivity contribution is 5.74. The van der Waals surface area contributed by atoms with Gasteiger partial charge in [-0.1, -0.05) is 23.4 Å². The van der Waals surface area contributed by atoms with Crippen LogP contribution >= 0.6 is 0 Å². The second-order valence-corrected chi connectivity index (χ2v) is 7.05. The van der Waals surface area contributed by atoms with E-state index in [-0.39, 0.29) is 22.8 Å². The monoisotopic (exact) mass is 412 g/mol. The minimum absolute atomic E-state index is 0.139. The summed E-state index contributed by atoms with van der Waals surface area (Å²) in [4.78, 5) is 10.6. The van der Waals surface area contributed by atoms with Crippen LogP contribution in [0.4, 0.5) is 18.9 Å². The van der Waals surface area contributed by atoms with Gasteiger partial charge in [-0.2, -0.15) is 18.2 Å². The number of halogens is 3. The molecule has 0 unspecified atom stereocenters. The molecule has 6 nitrogen and oxygen atoms in total. The summed E-state index contributed by atoms with van der Waals surface area (Å²) in [5.74, 6) is 0.577. The van der Waals surface area contributed by atoms with Crippen molar-refractivity contribution in [3.05, 3.63) is 60.0 Å². The van der Waals surface area contributed by atoms with Crippen LogP contribution in [0.5, 0.6) is 0 Å². The van der Waals surface area contributed by atoms with E-state index in [0.29, 0.717) is 5.89 Å². The molecule has 0 fully saturated rings. The Morgan fingerprint density at radius 1 is 1.07 bits per heavy atom. The van der Waals surface area contributed by atoms with Crippen LogP contribution in [0.1, 0.15) is 11.1 Å². The smallest absolute Gasteiger partial charge is 0.416 e. The number of aromatic nitrogens is 3. The number of benzene rings is 2. The molecule has 0 aliphatic carbocycles. The fourth-order valence-corrected chi connectivity index (χ4v) is 3.56. The summed E-state index contributed by atoms with van der Waals surface area (Å²) in [5, 5.41) is 3.96. The van der Waals surface area contributed by atoms with Crippen molar-refractivity contribution in [1.29, 1.82) is 0 Å². The van der Waals surface area contributed by atoms with Crippen LogP contribution < -0.4 is 4.90 Å². The van der Waals surface area contributed by atoms with Crippen molar-refractivity contribution < 1.29 is 22.1 Å². The molecule has 1 aliphatic heterocycles. The van der Waals surface area contributed by atoms with E-state index < -0.39 is 11.7 Å². The van der Waals surface area contributed by atoms with Gasteiger partial charge in [0.25, 0.3) is 5.89 Å².